The van der Waals surface area contributed by atoms with Gasteiger partial charge in [0, 0.05) is 18.2 Å². The SMILES string of the molecule is COc1cc(OC)cc(-c2nnc(SCC(=O)NCCc3ccccc3F)o2)c1. The molecule has 0 aliphatic rings. The van der Waals surface area contributed by atoms with Crippen LogP contribution in [0.1, 0.15) is 5.56 Å². The van der Waals surface area contributed by atoms with Crippen LogP contribution in [-0.4, -0.2) is 42.6 Å². The molecule has 0 aliphatic heterocycles. The fourth-order valence-electron chi connectivity index (χ4n) is 2.53. The molecule has 0 unspecified atom stereocenters. The fourth-order valence-corrected chi connectivity index (χ4v) is 3.12. The van der Waals surface area contributed by atoms with Gasteiger partial charge in [0.25, 0.3) is 5.22 Å². The number of hydrogen-bond donors (Lipinski definition) is 1. The van der Waals surface area contributed by atoms with E-state index in [9.17, 15) is 9.18 Å². The molecule has 0 atom stereocenters. The van der Waals surface area contributed by atoms with Gasteiger partial charge in [0.1, 0.15) is 17.3 Å². The maximum absolute atomic E-state index is 13.6. The van der Waals surface area contributed by atoms with Gasteiger partial charge in [-0.25, -0.2) is 4.39 Å². The summed E-state index contributed by atoms with van der Waals surface area (Å²) in [7, 11) is 3.11. The summed E-state index contributed by atoms with van der Waals surface area (Å²) in [6, 6.07) is 11.7. The van der Waals surface area contributed by atoms with Crippen molar-refractivity contribution in [2.24, 2.45) is 0 Å². The number of ether oxygens (including phenoxy) is 2. The molecule has 2 aromatic carbocycles. The van der Waals surface area contributed by atoms with Crippen LogP contribution in [0.25, 0.3) is 11.5 Å². The smallest absolute Gasteiger partial charge is 0.277 e. The Morgan fingerprint density at radius 2 is 1.86 bits per heavy atom. The summed E-state index contributed by atoms with van der Waals surface area (Å²) in [5.41, 5.74) is 1.21. The zero-order valence-electron chi connectivity index (χ0n) is 16.0. The van der Waals surface area contributed by atoms with Crippen LogP contribution in [0.2, 0.25) is 0 Å². The van der Waals surface area contributed by atoms with E-state index in [0.717, 1.165) is 11.8 Å². The zero-order chi connectivity index (χ0) is 20.6. The first kappa shape index (κ1) is 20.7. The van der Waals surface area contributed by atoms with Crippen LogP contribution in [0.4, 0.5) is 4.39 Å². The number of aromatic nitrogens is 2. The minimum atomic E-state index is -0.274. The van der Waals surface area contributed by atoms with E-state index in [-0.39, 0.29) is 22.7 Å². The standard InChI is InChI=1S/C20H20FN3O4S/c1-26-15-9-14(10-16(11-15)27-2)19-23-24-20(28-19)29-12-18(25)22-8-7-13-5-3-4-6-17(13)21/h3-6,9-11H,7-8,12H2,1-2H3,(H,22,25). The second-order valence-electron chi connectivity index (χ2n) is 5.95. The topological polar surface area (TPSA) is 86.5 Å². The number of hydrogen-bond acceptors (Lipinski definition) is 7. The van der Waals surface area contributed by atoms with E-state index >= 15 is 0 Å². The van der Waals surface area contributed by atoms with E-state index in [1.165, 1.54) is 6.07 Å². The van der Waals surface area contributed by atoms with Crippen molar-refractivity contribution in [1.82, 2.24) is 15.5 Å². The number of amides is 1. The molecular formula is C20H20FN3O4S. The Hall–Kier alpha value is -3.07. The van der Waals surface area contributed by atoms with Crippen LogP contribution >= 0.6 is 11.8 Å². The molecular weight excluding hydrogens is 397 g/mol. The van der Waals surface area contributed by atoms with Gasteiger partial charge in [-0.05, 0) is 30.2 Å². The Labute approximate surface area is 171 Å². The van der Waals surface area contributed by atoms with Crippen molar-refractivity contribution >= 4 is 17.7 Å². The minimum absolute atomic E-state index is 0.111. The molecule has 3 rings (SSSR count). The molecule has 1 N–H and O–H groups in total. The van der Waals surface area contributed by atoms with Crippen LogP contribution in [0.3, 0.4) is 0 Å². The second kappa shape index (κ2) is 9.92. The Balaban J connectivity index is 1.51. The van der Waals surface area contributed by atoms with Crippen molar-refractivity contribution in [3.63, 3.8) is 0 Å². The highest BCUT2D eigenvalue weighted by Crippen LogP contribution is 2.30. The van der Waals surface area contributed by atoms with Gasteiger partial charge in [-0.15, -0.1) is 10.2 Å². The second-order valence-corrected chi connectivity index (χ2v) is 6.88. The fraction of sp³-hybridized carbons (Fsp3) is 0.250. The summed E-state index contributed by atoms with van der Waals surface area (Å²) in [4.78, 5) is 12.0. The van der Waals surface area contributed by atoms with Crippen LogP contribution < -0.4 is 14.8 Å². The number of benzene rings is 2. The molecule has 1 heterocycles. The number of methoxy groups -OCH3 is 2. The van der Waals surface area contributed by atoms with E-state index in [0.29, 0.717) is 41.5 Å². The maximum Gasteiger partial charge on any atom is 0.277 e. The lowest BCUT2D eigenvalue weighted by molar-refractivity contribution is -0.118. The Bertz CT molecular complexity index is 958. The number of nitrogens with zero attached hydrogens (tertiary/aromatic N) is 2. The summed E-state index contributed by atoms with van der Waals surface area (Å²) in [6.45, 7) is 0.346. The lowest BCUT2D eigenvalue weighted by Gasteiger charge is -2.06. The Kier molecular flexibility index (Phi) is 7.07. The maximum atomic E-state index is 13.6. The summed E-state index contributed by atoms with van der Waals surface area (Å²) < 4.78 is 29.6. The van der Waals surface area contributed by atoms with Crippen LogP contribution in [0.15, 0.2) is 52.1 Å². The lowest BCUT2D eigenvalue weighted by Crippen LogP contribution is -2.27. The normalized spacial score (nSPS) is 10.6. The number of nitrogens with one attached hydrogen (secondary N) is 1. The molecule has 0 bridgehead atoms. The zero-order valence-corrected chi connectivity index (χ0v) is 16.8. The molecule has 152 valence electrons. The molecule has 0 aliphatic carbocycles. The highest BCUT2D eigenvalue weighted by molar-refractivity contribution is 7.99. The summed E-state index contributed by atoms with van der Waals surface area (Å²) in [6.07, 6.45) is 0.422. The highest BCUT2D eigenvalue weighted by atomic mass is 32.2. The Morgan fingerprint density at radius 1 is 1.14 bits per heavy atom. The molecule has 7 nitrogen and oxygen atoms in total. The third-order valence-corrected chi connectivity index (χ3v) is 4.82. The van der Waals surface area contributed by atoms with Gasteiger partial charge in [-0.2, -0.15) is 0 Å². The number of carbonyl (C=O) groups excluding carboxylic acids is 1. The first-order valence-electron chi connectivity index (χ1n) is 8.79. The third kappa shape index (κ3) is 5.71. The van der Waals surface area contributed by atoms with E-state index in [2.05, 4.69) is 15.5 Å². The van der Waals surface area contributed by atoms with Crippen molar-refractivity contribution in [1.29, 1.82) is 0 Å². The summed E-state index contributed by atoms with van der Waals surface area (Å²) >= 11 is 1.12. The van der Waals surface area contributed by atoms with E-state index in [1.807, 2.05) is 0 Å². The van der Waals surface area contributed by atoms with E-state index in [4.69, 9.17) is 13.9 Å². The molecule has 0 fully saturated rings. The van der Waals surface area contributed by atoms with Gasteiger partial charge < -0.3 is 19.2 Å². The molecule has 0 spiro atoms. The quantitative estimate of drug-likeness (QED) is 0.534. The van der Waals surface area contributed by atoms with Gasteiger partial charge in [-0.3, -0.25) is 4.79 Å². The molecule has 1 aromatic heterocycles. The van der Waals surface area contributed by atoms with Crippen LogP contribution in [0.5, 0.6) is 11.5 Å². The van der Waals surface area contributed by atoms with Crippen LogP contribution in [-0.2, 0) is 11.2 Å². The van der Waals surface area contributed by atoms with Crippen molar-refractivity contribution in [2.45, 2.75) is 11.6 Å². The molecule has 0 radical (unpaired) electrons. The number of halogens is 1. The number of carbonyl (C=O) groups is 1. The van der Waals surface area contributed by atoms with Crippen molar-refractivity contribution in [3.05, 3.63) is 53.8 Å². The lowest BCUT2D eigenvalue weighted by atomic mass is 10.1. The molecule has 1 amide bonds. The number of rotatable bonds is 9. The van der Waals surface area contributed by atoms with Gasteiger partial charge in [0.05, 0.1) is 20.0 Å². The third-order valence-electron chi connectivity index (χ3n) is 4.01. The predicted molar refractivity (Wildman–Crippen MR) is 107 cm³/mol. The van der Waals surface area contributed by atoms with Gasteiger partial charge in [-0.1, -0.05) is 30.0 Å². The number of thioether (sulfide) groups is 1. The molecule has 9 heteroatoms. The van der Waals surface area contributed by atoms with Crippen molar-refractivity contribution < 1.29 is 23.1 Å². The summed E-state index contributed by atoms with van der Waals surface area (Å²) in [5, 5.41) is 11.0. The average molecular weight is 417 g/mol. The van der Waals surface area contributed by atoms with E-state index in [1.54, 1.807) is 50.6 Å². The molecule has 29 heavy (non-hydrogen) atoms. The highest BCUT2D eigenvalue weighted by Gasteiger charge is 2.13. The monoisotopic (exact) mass is 417 g/mol. The van der Waals surface area contributed by atoms with Crippen molar-refractivity contribution in [3.8, 4) is 23.0 Å². The van der Waals surface area contributed by atoms with Gasteiger partial charge >= 0.3 is 0 Å². The largest absolute Gasteiger partial charge is 0.497 e. The van der Waals surface area contributed by atoms with Gasteiger partial charge in [0.2, 0.25) is 11.8 Å². The predicted octanol–water partition coefficient (Wildman–Crippen LogP) is 3.34. The first-order valence-corrected chi connectivity index (χ1v) is 9.77. The molecule has 0 saturated carbocycles. The minimum Gasteiger partial charge on any atom is -0.497 e. The molecule has 0 saturated heterocycles. The first-order chi connectivity index (χ1) is 14.1. The van der Waals surface area contributed by atoms with E-state index < -0.39 is 0 Å². The average Bonchev–Trinajstić information content (AvgIpc) is 3.22. The molecule has 3 aromatic rings. The Morgan fingerprint density at radius 3 is 2.55 bits per heavy atom. The van der Waals surface area contributed by atoms with Gasteiger partial charge in [0.15, 0.2) is 0 Å². The van der Waals surface area contributed by atoms with Crippen molar-refractivity contribution in [2.75, 3.05) is 26.5 Å². The summed E-state index contributed by atoms with van der Waals surface area (Å²) in [5.74, 6) is 1.13. The van der Waals surface area contributed by atoms with Crippen LogP contribution in [0, 0.1) is 5.82 Å².